The third kappa shape index (κ3) is 2.08. The number of halogens is 3. The van der Waals surface area contributed by atoms with Crippen LogP contribution in [0.2, 0.25) is 0 Å². The zero-order valence-corrected chi connectivity index (χ0v) is 8.72. The molecule has 0 amide bonds. The highest BCUT2D eigenvalue weighted by Crippen LogP contribution is 2.46. The second kappa shape index (κ2) is 3.79. The molecule has 0 aliphatic heterocycles. The van der Waals surface area contributed by atoms with Crippen LogP contribution in [0.5, 0.6) is 0 Å². The van der Waals surface area contributed by atoms with E-state index in [9.17, 15) is 18.0 Å². The van der Waals surface area contributed by atoms with Crippen molar-refractivity contribution in [2.24, 2.45) is 11.8 Å². The summed E-state index contributed by atoms with van der Waals surface area (Å²) in [5, 5.41) is 0. The molecular formula is C11H13F3O2. The topological polar surface area (TPSA) is 26.3 Å². The molecule has 2 saturated carbocycles. The summed E-state index contributed by atoms with van der Waals surface area (Å²) in [7, 11) is 0. The zero-order chi connectivity index (χ0) is 11.9. The lowest BCUT2D eigenvalue weighted by Gasteiger charge is -2.22. The first-order chi connectivity index (χ1) is 7.38. The Labute approximate surface area is 91.5 Å². The highest BCUT2D eigenvalue weighted by atomic mass is 19.4. The van der Waals surface area contributed by atoms with Gasteiger partial charge >= 0.3 is 12.1 Å². The summed E-state index contributed by atoms with van der Waals surface area (Å²) in [6, 6.07) is 0. The van der Waals surface area contributed by atoms with Crippen molar-refractivity contribution >= 4 is 5.97 Å². The van der Waals surface area contributed by atoms with E-state index in [1.165, 1.54) is 0 Å². The Morgan fingerprint density at radius 3 is 2.38 bits per heavy atom. The zero-order valence-electron chi connectivity index (χ0n) is 8.72. The Balaban J connectivity index is 1.91. The summed E-state index contributed by atoms with van der Waals surface area (Å²) in [4.78, 5) is 11.2. The lowest BCUT2D eigenvalue weighted by atomic mass is 9.98. The van der Waals surface area contributed by atoms with Gasteiger partial charge in [-0.05, 0) is 37.5 Å². The van der Waals surface area contributed by atoms with Crippen molar-refractivity contribution in [2.45, 2.75) is 38.0 Å². The number of alkyl halides is 3. The van der Waals surface area contributed by atoms with Gasteiger partial charge in [-0.3, -0.25) is 0 Å². The molecule has 2 aliphatic rings. The van der Waals surface area contributed by atoms with Gasteiger partial charge in [0.2, 0.25) is 0 Å². The van der Waals surface area contributed by atoms with E-state index in [-0.39, 0.29) is 12.0 Å². The predicted octanol–water partition coefficient (Wildman–Crippen LogP) is 2.84. The van der Waals surface area contributed by atoms with Gasteiger partial charge in [0.1, 0.15) is 11.7 Å². The van der Waals surface area contributed by atoms with Crippen molar-refractivity contribution in [3.8, 4) is 0 Å². The van der Waals surface area contributed by atoms with Gasteiger partial charge in [-0.2, -0.15) is 13.2 Å². The molecule has 0 radical (unpaired) electrons. The van der Waals surface area contributed by atoms with E-state index in [0.29, 0.717) is 12.3 Å². The number of hydrogen-bond donors (Lipinski definition) is 0. The molecule has 2 rings (SSSR count). The smallest absolute Gasteiger partial charge is 0.422 e. The molecule has 2 nitrogen and oxygen atoms in total. The molecule has 90 valence electrons. The van der Waals surface area contributed by atoms with Gasteiger partial charge in [0, 0.05) is 0 Å². The van der Waals surface area contributed by atoms with E-state index in [1.54, 1.807) is 0 Å². The largest absolute Gasteiger partial charge is 0.458 e. The Morgan fingerprint density at radius 2 is 1.94 bits per heavy atom. The number of ether oxygens (including phenoxy) is 1. The summed E-state index contributed by atoms with van der Waals surface area (Å²) < 4.78 is 41.4. The molecule has 2 bridgehead atoms. The van der Waals surface area contributed by atoms with Crippen molar-refractivity contribution in [1.29, 1.82) is 0 Å². The molecule has 0 aromatic heterocycles. The number of esters is 1. The van der Waals surface area contributed by atoms with Gasteiger partial charge in [0.15, 0.2) is 0 Å². The SMILES string of the molecule is C=C(C(=O)OC1CC2CCC1C2)C(F)(F)F. The maximum Gasteiger partial charge on any atom is 0.422 e. The monoisotopic (exact) mass is 234 g/mol. The van der Waals surface area contributed by atoms with Crippen LogP contribution in [-0.4, -0.2) is 18.2 Å². The minimum absolute atomic E-state index is 0.259. The van der Waals surface area contributed by atoms with Crippen LogP contribution in [0.25, 0.3) is 0 Å². The molecular weight excluding hydrogens is 221 g/mol. The average molecular weight is 234 g/mol. The van der Waals surface area contributed by atoms with Crippen LogP contribution in [-0.2, 0) is 9.53 Å². The molecule has 2 aliphatic carbocycles. The van der Waals surface area contributed by atoms with Crippen molar-refractivity contribution in [3.05, 3.63) is 12.2 Å². The van der Waals surface area contributed by atoms with Crippen LogP contribution in [0, 0.1) is 11.8 Å². The molecule has 3 unspecified atom stereocenters. The van der Waals surface area contributed by atoms with Crippen LogP contribution in [0.3, 0.4) is 0 Å². The summed E-state index contributed by atoms with van der Waals surface area (Å²) >= 11 is 0. The molecule has 16 heavy (non-hydrogen) atoms. The van der Waals surface area contributed by atoms with Crippen molar-refractivity contribution < 1.29 is 22.7 Å². The van der Waals surface area contributed by atoms with Gasteiger partial charge in [0.05, 0.1) is 0 Å². The molecule has 0 heterocycles. The number of rotatable bonds is 2. The fraction of sp³-hybridized carbons (Fsp3) is 0.727. The highest BCUT2D eigenvalue weighted by molar-refractivity contribution is 5.89. The molecule has 3 atom stereocenters. The van der Waals surface area contributed by atoms with E-state index >= 15 is 0 Å². The lowest BCUT2D eigenvalue weighted by molar-refractivity contribution is -0.157. The quantitative estimate of drug-likeness (QED) is 0.542. The Hall–Kier alpha value is -1.00. The second-order valence-electron chi connectivity index (χ2n) is 4.59. The van der Waals surface area contributed by atoms with Crippen molar-refractivity contribution in [1.82, 2.24) is 0 Å². The Kier molecular flexibility index (Phi) is 2.72. The highest BCUT2D eigenvalue weighted by Gasteiger charge is 2.44. The molecule has 0 aromatic carbocycles. The van der Waals surface area contributed by atoms with E-state index in [0.717, 1.165) is 19.3 Å². The maximum absolute atomic E-state index is 12.2. The standard InChI is InChI=1S/C11H13F3O2/c1-6(11(12,13)14)10(15)16-9-5-7-2-3-8(9)4-7/h7-9H,1-5H2. The van der Waals surface area contributed by atoms with E-state index in [2.05, 4.69) is 6.58 Å². The first kappa shape index (κ1) is 11.5. The van der Waals surface area contributed by atoms with Gasteiger partial charge < -0.3 is 4.74 Å². The van der Waals surface area contributed by atoms with Crippen molar-refractivity contribution in [2.75, 3.05) is 0 Å². The normalized spacial score (nSPS) is 32.8. The lowest BCUT2D eigenvalue weighted by Crippen LogP contribution is -2.28. The van der Waals surface area contributed by atoms with E-state index in [4.69, 9.17) is 4.74 Å². The Morgan fingerprint density at radius 1 is 1.25 bits per heavy atom. The maximum atomic E-state index is 12.2. The van der Waals surface area contributed by atoms with Crippen LogP contribution < -0.4 is 0 Å². The number of carbonyl (C=O) groups is 1. The molecule has 0 aromatic rings. The summed E-state index contributed by atoms with van der Waals surface area (Å²) in [6.45, 7) is 2.73. The van der Waals surface area contributed by atoms with Gasteiger partial charge in [-0.25, -0.2) is 4.79 Å². The minimum atomic E-state index is -4.69. The minimum Gasteiger partial charge on any atom is -0.458 e. The number of carbonyl (C=O) groups excluding carboxylic acids is 1. The third-order valence-electron chi connectivity index (χ3n) is 3.52. The summed E-state index contributed by atoms with van der Waals surface area (Å²) in [6.07, 6.45) is -1.25. The van der Waals surface area contributed by atoms with Crippen LogP contribution in [0.1, 0.15) is 25.7 Å². The molecule has 2 fully saturated rings. The van der Waals surface area contributed by atoms with E-state index in [1.807, 2.05) is 0 Å². The fourth-order valence-corrected chi connectivity index (χ4v) is 2.66. The first-order valence-corrected chi connectivity index (χ1v) is 5.35. The fourth-order valence-electron chi connectivity index (χ4n) is 2.66. The second-order valence-corrected chi connectivity index (χ2v) is 4.59. The van der Waals surface area contributed by atoms with Crippen LogP contribution >= 0.6 is 0 Å². The summed E-state index contributed by atoms with van der Waals surface area (Å²) in [5.41, 5.74) is -1.41. The number of fused-ring (bicyclic) bond motifs is 2. The third-order valence-corrected chi connectivity index (χ3v) is 3.52. The average Bonchev–Trinajstić information content (AvgIpc) is 2.76. The molecule has 5 heteroatoms. The van der Waals surface area contributed by atoms with Crippen molar-refractivity contribution in [3.63, 3.8) is 0 Å². The predicted molar refractivity (Wildman–Crippen MR) is 50.5 cm³/mol. The molecule has 0 N–H and O–H groups in total. The van der Waals surface area contributed by atoms with Crippen LogP contribution in [0.15, 0.2) is 12.2 Å². The number of hydrogen-bond acceptors (Lipinski definition) is 2. The van der Waals surface area contributed by atoms with Gasteiger partial charge in [-0.15, -0.1) is 0 Å². The van der Waals surface area contributed by atoms with Gasteiger partial charge in [-0.1, -0.05) is 6.58 Å². The Bertz CT molecular complexity index is 322. The summed E-state index contributed by atoms with van der Waals surface area (Å²) in [5.74, 6) is -0.526. The van der Waals surface area contributed by atoms with Gasteiger partial charge in [0.25, 0.3) is 0 Å². The molecule has 0 spiro atoms. The molecule has 0 saturated heterocycles. The van der Waals surface area contributed by atoms with E-state index < -0.39 is 17.7 Å². The van der Waals surface area contributed by atoms with Crippen LogP contribution in [0.4, 0.5) is 13.2 Å². The first-order valence-electron chi connectivity index (χ1n) is 5.35.